The molecule has 2 aromatic rings. The topological polar surface area (TPSA) is 83.4 Å². The molecular weight excluding hydrogens is 302 g/mol. The van der Waals surface area contributed by atoms with Gasteiger partial charge in [-0.2, -0.15) is 0 Å². The second-order valence-electron chi connectivity index (χ2n) is 5.16. The van der Waals surface area contributed by atoms with Crippen LogP contribution in [-0.2, 0) is 24.2 Å². The van der Waals surface area contributed by atoms with E-state index in [1.807, 2.05) is 31.2 Å². The summed E-state index contributed by atoms with van der Waals surface area (Å²) in [6, 6.07) is 6.78. The number of aryl methyl sites for hydroxylation is 1. The van der Waals surface area contributed by atoms with E-state index in [0.29, 0.717) is 30.0 Å². The van der Waals surface area contributed by atoms with Crippen LogP contribution in [0.4, 0.5) is 0 Å². The van der Waals surface area contributed by atoms with E-state index in [0.717, 1.165) is 22.7 Å². The molecule has 0 saturated heterocycles. The first kappa shape index (κ1) is 14.6. The summed E-state index contributed by atoms with van der Waals surface area (Å²) in [6.45, 7) is 2.20. The molecule has 1 atom stereocenters. The number of hydrogen-bond donors (Lipinski definition) is 1. The van der Waals surface area contributed by atoms with Gasteiger partial charge in [0.05, 0.1) is 5.69 Å². The van der Waals surface area contributed by atoms with Crippen LogP contribution < -0.4 is 0 Å². The summed E-state index contributed by atoms with van der Waals surface area (Å²) >= 11 is 1.03. The lowest BCUT2D eigenvalue weighted by Gasteiger charge is -2.34. The summed E-state index contributed by atoms with van der Waals surface area (Å²) in [7, 11) is 0. The quantitative estimate of drug-likeness (QED) is 0.932. The summed E-state index contributed by atoms with van der Waals surface area (Å²) in [4.78, 5) is 26.2. The zero-order valence-electron chi connectivity index (χ0n) is 12.0. The molecule has 1 amide bonds. The van der Waals surface area contributed by atoms with Crippen LogP contribution in [0.2, 0.25) is 0 Å². The van der Waals surface area contributed by atoms with Gasteiger partial charge in [-0.3, -0.25) is 4.79 Å². The molecule has 1 aromatic heterocycles. The van der Waals surface area contributed by atoms with Crippen LogP contribution in [0.1, 0.15) is 33.4 Å². The van der Waals surface area contributed by atoms with Gasteiger partial charge >= 0.3 is 5.97 Å². The molecule has 1 aromatic carbocycles. The van der Waals surface area contributed by atoms with Crippen molar-refractivity contribution in [2.75, 3.05) is 0 Å². The Morgan fingerprint density at radius 2 is 2.09 bits per heavy atom. The van der Waals surface area contributed by atoms with Crippen molar-refractivity contribution in [3.05, 3.63) is 46.0 Å². The van der Waals surface area contributed by atoms with Crippen LogP contribution in [0.15, 0.2) is 24.3 Å². The predicted molar refractivity (Wildman–Crippen MR) is 80.7 cm³/mol. The fraction of sp³-hybridized carbons (Fsp3) is 0.333. The SMILES string of the molecule is CCc1nnsc1C(=O)N1Cc2ccccc2C[C@@H]1C(=O)O. The Labute approximate surface area is 131 Å². The molecule has 0 unspecified atom stereocenters. The highest BCUT2D eigenvalue weighted by molar-refractivity contribution is 7.08. The molecule has 3 rings (SSSR count). The third kappa shape index (κ3) is 2.48. The van der Waals surface area contributed by atoms with Crippen LogP contribution in [0.25, 0.3) is 0 Å². The van der Waals surface area contributed by atoms with Crippen molar-refractivity contribution >= 4 is 23.4 Å². The van der Waals surface area contributed by atoms with Crippen LogP contribution in [0, 0.1) is 0 Å². The number of amides is 1. The first-order valence-corrected chi connectivity index (χ1v) is 7.81. The van der Waals surface area contributed by atoms with Gasteiger partial charge in [-0.15, -0.1) is 5.10 Å². The Morgan fingerprint density at radius 1 is 1.36 bits per heavy atom. The lowest BCUT2D eigenvalue weighted by Crippen LogP contribution is -2.48. The molecule has 0 fully saturated rings. The maximum absolute atomic E-state index is 12.8. The van der Waals surface area contributed by atoms with E-state index in [4.69, 9.17) is 0 Å². The smallest absolute Gasteiger partial charge is 0.326 e. The third-order valence-corrected chi connectivity index (χ3v) is 4.64. The number of carboxylic acids is 1. The van der Waals surface area contributed by atoms with Crippen molar-refractivity contribution < 1.29 is 14.7 Å². The molecule has 7 heteroatoms. The number of carbonyl (C=O) groups excluding carboxylic acids is 1. The standard InChI is InChI=1S/C15H15N3O3S/c1-2-11-13(22-17-16-11)14(19)18-8-10-6-4-3-5-9(10)7-12(18)15(20)21/h3-6,12H,2,7-8H2,1H3,(H,20,21)/t12-/m1/s1. The van der Waals surface area contributed by atoms with E-state index in [-0.39, 0.29) is 5.91 Å². The molecular formula is C15H15N3O3S. The predicted octanol–water partition coefficient (Wildman–Crippen LogP) is 1.75. The van der Waals surface area contributed by atoms with Crippen molar-refractivity contribution in [3.63, 3.8) is 0 Å². The maximum atomic E-state index is 12.8. The summed E-state index contributed by atoms with van der Waals surface area (Å²) in [5, 5.41) is 13.4. The highest BCUT2D eigenvalue weighted by atomic mass is 32.1. The molecule has 0 spiro atoms. The lowest BCUT2D eigenvalue weighted by molar-refractivity contribution is -0.142. The summed E-state index contributed by atoms with van der Waals surface area (Å²) < 4.78 is 3.82. The van der Waals surface area contributed by atoms with E-state index >= 15 is 0 Å². The van der Waals surface area contributed by atoms with Crippen LogP contribution in [0.5, 0.6) is 0 Å². The number of aromatic nitrogens is 2. The molecule has 0 bridgehead atoms. The van der Waals surface area contributed by atoms with Gasteiger partial charge in [0.1, 0.15) is 10.9 Å². The Morgan fingerprint density at radius 3 is 2.77 bits per heavy atom. The minimum atomic E-state index is -0.988. The number of benzene rings is 1. The minimum Gasteiger partial charge on any atom is -0.480 e. The lowest BCUT2D eigenvalue weighted by atomic mass is 9.93. The molecule has 6 nitrogen and oxygen atoms in total. The minimum absolute atomic E-state index is 0.297. The average Bonchev–Trinajstić information content (AvgIpc) is 3.01. The van der Waals surface area contributed by atoms with E-state index in [1.54, 1.807) is 0 Å². The number of aliphatic carboxylic acids is 1. The van der Waals surface area contributed by atoms with Crippen molar-refractivity contribution in [1.29, 1.82) is 0 Å². The molecule has 0 saturated carbocycles. The van der Waals surface area contributed by atoms with Gasteiger partial charge in [0.25, 0.3) is 5.91 Å². The molecule has 0 aliphatic carbocycles. The third-order valence-electron chi connectivity index (χ3n) is 3.88. The first-order chi connectivity index (χ1) is 10.6. The van der Waals surface area contributed by atoms with Gasteiger partial charge in [-0.05, 0) is 29.1 Å². The molecule has 2 heterocycles. The normalized spacial score (nSPS) is 17.1. The van der Waals surface area contributed by atoms with Crippen molar-refractivity contribution in [2.24, 2.45) is 0 Å². The van der Waals surface area contributed by atoms with Crippen molar-refractivity contribution in [3.8, 4) is 0 Å². The zero-order chi connectivity index (χ0) is 15.7. The van der Waals surface area contributed by atoms with E-state index in [2.05, 4.69) is 9.59 Å². The van der Waals surface area contributed by atoms with Crippen molar-refractivity contribution in [2.45, 2.75) is 32.4 Å². The summed E-state index contributed by atoms with van der Waals surface area (Å²) in [6.07, 6.45) is 0.921. The summed E-state index contributed by atoms with van der Waals surface area (Å²) in [5.41, 5.74) is 2.60. The Bertz CT molecular complexity index is 728. The molecule has 1 aliphatic rings. The largest absolute Gasteiger partial charge is 0.480 e. The van der Waals surface area contributed by atoms with E-state index in [9.17, 15) is 14.7 Å². The molecule has 114 valence electrons. The van der Waals surface area contributed by atoms with Crippen LogP contribution >= 0.6 is 11.5 Å². The van der Waals surface area contributed by atoms with Gasteiger partial charge in [0, 0.05) is 13.0 Å². The Kier molecular flexibility index (Phi) is 3.89. The molecule has 0 radical (unpaired) electrons. The fourth-order valence-corrected chi connectivity index (χ4v) is 3.40. The van der Waals surface area contributed by atoms with Gasteiger partial charge in [0.15, 0.2) is 0 Å². The summed E-state index contributed by atoms with van der Waals surface area (Å²) in [5.74, 6) is -1.29. The second-order valence-corrected chi connectivity index (χ2v) is 5.92. The number of nitrogens with zero attached hydrogens (tertiary/aromatic N) is 3. The van der Waals surface area contributed by atoms with Gasteiger partial charge < -0.3 is 10.0 Å². The Balaban J connectivity index is 1.97. The van der Waals surface area contributed by atoms with E-state index in [1.165, 1.54) is 4.90 Å². The van der Waals surface area contributed by atoms with Gasteiger partial charge in [-0.25, -0.2) is 4.79 Å². The highest BCUT2D eigenvalue weighted by Gasteiger charge is 2.36. The second kappa shape index (κ2) is 5.84. The molecule has 1 N–H and O–H groups in total. The number of fused-ring (bicyclic) bond motifs is 1. The van der Waals surface area contributed by atoms with E-state index < -0.39 is 12.0 Å². The molecule has 1 aliphatic heterocycles. The van der Waals surface area contributed by atoms with Gasteiger partial charge in [0.2, 0.25) is 0 Å². The zero-order valence-corrected chi connectivity index (χ0v) is 12.8. The fourth-order valence-electron chi connectivity index (χ4n) is 2.69. The van der Waals surface area contributed by atoms with Crippen molar-refractivity contribution in [1.82, 2.24) is 14.5 Å². The van der Waals surface area contributed by atoms with Crippen LogP contribution in [0.3, 0.4) is 0 Å². The monoisotopic (exact) mass is 317 g/mol. The van der Waals surface area contributed by atoms with Crippen LogP contribution in [-0.4, -0.2) is 37.5 Å². The number of carbonyl (C=O) groups is 2. The number of rotatable bonds is 3. The first-order valence-electron chi connectivity index (χ1n) is 7.03. The highest BCUT2D eigenvalue weighted by Crippen LogP contribution is 2.26. The maximum Gasteiger partial charge on any atom is 0.326 e. The Hall–Kier alpha value is -2.28. The average molecular weight is 317 g/mol. The number of hydrogen-bond acceptors (Lipinski definition) is 5. The van der Waals surface area contributed by atoms with Gasteiger partial charge in [-0.1, -0.05) is 35.7 Å². The number of carboxylic acid groups (broad SMARTS) is 1. The molecule has 22 heavy (non-hydrogen) atoms.